The minimum Gasteiger partial charge on any atom is -0.349 e. The smallest absolute Gasteiger partial charge is 0.246 e. The first kappa shape index (κ1) is 15.0. The Labute approximate surface area is 119 Å². The van der Waals surface area contributed by atoms with Gasteiger partial charge in [-0.1, -0.05) is 6.58 Å². The van der Waals surface area contributed by atoms with Crippen molar-refractivity contribution in [1.29, 1.82) is 0 Å². The van der Waals surface area contributed by atoms with Crippen LogP contribution in [-0.2, 0) is 4.79 Å². The van der Waals surface area contributed by atoms with E-state index in [9.17, 15) is 4.79 Å². The minimum absolute atomic E-state index is 0.0245. The maximum Gasteiger partial charge on any atom is 0.246 e. The van der Waals surface area contributed by atoms with E-state index in [0.717, 1.165) is 12.8 Å². The van der Waals surface area contributed by atoms with Gasteiger partial charge in [-0.15, -0.1) is 0 Å². The van der Waals surface area contributed by atoms with Crippen LogP contribution in [0.15, 0.2) is 12.2 Å². The molecule has 0 radical (unpaired) electrons. The van der Waals surface area contributed by atoms with E-state index in [1.807, 2.05) is 0 Å². The molecule has 1 aliphatic rings. The molecule has 17 heavy (non-hydrogen) atoms. The van der Waals surface area contributed by atoms with Crippen LogP contribution in [0.5, 0.6) is 0 Å². The van der Waals surface area contributed by atoms with Crippen molar-refractivity contribution in [3.8, 4) is 0 Å². The van der Waals surface area contributed by atoms with E-state index < -0.39 is 0 Å². The third kappa shape index (κ3) is 3.44. The summed E-state index contributed by atoms with van der Waals surface area (Å²) in [6.45, 7) is 14.3. The number of rotatable bonds is 2. The zero-order chi connectivity index (χ0) is 13.4. The topological polar surface area (TPSA) is 32.3 Å². The Kier molecular flexibility index (Phi) is 4.29. The second-order valence-electron chi connectivity index (χ2n) is 6.26. The summed E-state index contributed by atoms with van der Waals surface area (Å²) in [5.74, 6) is -0.0245. The van der Waals surface area contributed by atoms with Crippen LogP contribution in [0.4, 0.5) is 0 Å². The first-order chi connectivity index (χ1) is 7.56. The second-order valence-corrected chi connectivity index (χ2v) is 7.23. The minimum atomic E-state index is -0.0245. The number of nitrogens with zero attached hydrogens (tertiary/aromatic N) is 1. The van der Waals surface area contributed by atoms with E-state index in [4.69, 9.17) is 0 Å². The molecule has 0 aromatic carbocycles. The number of hydrogen-bond acceptors (Lipinski definition) is 2. The molecule has 1 N–H and O–H groups in total. The summed E-state index contributed by atoms with van der Waals surface area (Å²) in [7, 11) is 0. The predicted octanol–water partition coefficient (Wildman–Crippen LogP) is 3.05. The average molecular weight is 350 g/mol. The highest BCUT2D eigenvalue weighted by Gasteiger charge is 2.44. The summed E-state index contributed by atoms with van der Waals surface area (Å²) < 4.78 is 2.38. The number of carbonyl (C=O) groups is 1. The van der Waals surface area contributed by atoms with E-state index in [-0.39, 0.29) is 23.0 Å². The van der Waals surface area contributed by atoms with Crippen LogP contribution in [0.2, 0.25) is 0 Å². The van der Waals surface area contributed by atoms with Crippen LogP contribution < -0.4 is 5.32 Å². The standard InChI is InChI=1S/C13H23IN2O/c1-9(2)11(17)15-10-7-12(3,4)16(14)13(5,6)8-10/h10H,1,7-8H2,2-6H3,(H,15,17). The third-order valence-electron chi connectivity index (χ3n) is 3.28. The zero-order valence-corrected chi connectivity index (χ0v) is 13.6. The van der Waals surface area contributed by atoms with Crippen molar-refractivity contribution >= 4 is 28.8 Å². The van der Waals surface area contributed by atoms with Crippen molar-refractivity contribution < 1.29 is 4.79 Å². The first-order valence-corrected chi connectivity index (χ1v) is 6.95. The quantitative estimate of drug-likeness (QED) is 0.472. The normalized spacial score (nSPS) is 24.4. The Balaban J connectivity index is 2.78. The summed E-state index contributed by atoms with van der Waals surface area (Å²) in [5, 5.41) is 3.08. The molecule has 0 atom stereocenters. The lowest BCUT2D eigenvalue weighted by Gasteiger charge is -2.52. The third-order valence-corrected chi connectivity index (χ3v) is 5.89. The Morgan fingerprint density at radius 2 is 1.71 bits per heavy atom. The van der Waals surface area contributed by atoms with Gasteiger partial charge in [-0.25, -0.2) is 3.11 Å². The SMILES string of the molecule is C=C(C)C(=O)NC1CC(C)(C)N(I)C(C)(C)C1. The van der Waals surface area contributed by atoms with Gasteiger partial charge in [0.15, 0.2) is 0 Å². The van der Waals surface area contributed by atoms with Crippen molar-refractivity contribution in [1.82, 2.24) is 8.43 Å². The van der Waals surface area contributed by atoms with Gasteiger partial charge in [0.05, 0.1) is 0 Å². The number of hydrogen-bond donors (Lipinski definition) is 1. The summed E-state index contributed by atoms with van der Waals surface area (Å²) in [5.41, 5.74) is 0.766. The molecule has 0 aliphatic carbocycles. The van der Waals surface area contributed by atoms with Crippen LogP contribution in [0.1, 0.15) is 47.5 Å². The van der Waals surface area contributed by atoms with Crippen LogP contribution in [-0.4, -0.2) is 26.1 Å². The number of nitrogens with one attached hydrogen (secondary N) is 1. The molecule has 3 nitrogen and oxygen atoms in total. The van der Waals surface area contributed by atoms with Gasteiger partial charge < -0.3 is 5.32 Å². The molecule has 0 bridgehead atoms. The van der Waals surface area contributed by atoms with Crippen molar-refractivity contribution in [2.45, 2.75) is 64.6 Å². The highest BCUT2D eigenvalue weighted by Crippen LogP contribution is 2.41. The van der Waals surface area contributed by atoms with E-state index in [1.165, 1.54) is 0 Å². The lowest BCUT2D eigenvalue weighted by Crippen LogP contribution is -2.60. The van der Waals surface area contributed by atoms with Crippen molar-refractivity contribution in [3.05, 3.63) is 12.2 Å². The summed E-state index contributed by atoms with van der Waals surface area (Å²) in [6.07, 6.45) is 1.94. The lowest BCUT2D eigenvalue weighted by atomic mass is 9.79. The lowest BCUT2D eigenvalue weighted by molar-refractivity contribution is -0.118. The largest absolute Gasteiger partial charge is 0.349 e. The fourth-order valence-corrected chi connectivity index (χ4v) is 3.06. The highest BCUT2D eigenvalue weighted by atomic mass is 127. The number of piperidine rings is 1. The van der Waals surface area contributed by atoms with Crippen molar-refractivity contribution in [3.63, 3.8) is 0 Å². The summed E-state index contributed by atoms with van der Waals surface area (Å²) in [6, 6.07) is 0.232. The van der Waals surface area contributed by atoms with Crippen LogP contribution in [0, 0.1) is 0 Å². The van der Waals surface area contributed by atoms with Gasteiger partial charge in [0.25, 0.3) is 0 Å². The fourth-order valence-electron chi connectivity index (χ4n) is 2.67. The zero-order valence-electron chi connectivity index (χ0n) is 11.4. The Bertz CT molecular complexity index is 318. The molecule has 1 heterocycles. The second kappa shape index (κ2) is 4.88. The molecule has 1 rings (SSSR count). The fraction of sp³-hybridized carbons (Fsp3) is 0.769. The molecular weight excluding hydrogens is 327 g/mol. The van der Waals surface area contributed by atoms with E-state index >= 15 is 0 Å². The van der Waals surface area contributed by atoms with Gasteiger partial charge in [-0.05, 0) is 47.5 Å². The molecular formula is C13H23IN2O. The van der Waals surface area contributed by atoms with Gasteiger partial charge >= 0.3 is 0 Å². The van der Waals surface area contributed by atoms with Gasteiger partial charge in [0.2, 0.25) is 5.91 Å². The summed E-state index contributed by atoms with van der Waals surface area (Å²) >= 11 is 2.40. The van der Waals surface area contributed by atoms with Gasteiger partial charge in [-0.2, -0.15) is 0 Å². The van der Waals surface area contributed by atoms with Gasteiger partial charge in [-0.3, -0.25) is 4.79 Å². The molecule has 1 fully saturated rings. The van der Waals surface area contributed by atoms with Gasteiger partial charge in [0.1, 0.15) is 0 Å². The first-order valence-electron chi connectivity index (χ1n) is 5.99. The predicted molar refractivity (Wildman–Crippen MR) is 80.0 cm³/mol. The monoisotopic (exact) mass is 350 g/mol. The Morgan fingerprint density at radius 1 is 1.29 bits per heavy atom. The van der Waals surface area contributed by atoms with Crippen molar-refractivity contribution in [2.75, 3.05) is 0 Å². The molecule has 0 saturated carbocycles. The van der Waals surface area contributed by atoms with E-state index in [1.54, 1.807) is 6.92 Å². The maximum atomic E-state index is 11.7. The van der Waals surface area contributed by atoms with Crippen LogP contribution in [0.25, 0.3) is 0 Å². The van der Waals surface area contributed by atoms with Crippen LogP contribution >= 0.6 is 22.9 Å². The molecule has 0 unspecified atom stereocenters. The number of halogens is 1. The molecule has 0 aromatic rings. The van der Waals surface area contributed by atoms with E-state index in [2.05, 4.69) is 65.6 Å². The number of carbonyl (C=O) groups excluding carboxylic acids is 1. The van der Waals surface area contributed by atoms with Crippen molar-refractivity contribution in [2.24, 2.45) is 0 Å². The molecule has 0 aromatic heterocycles. The summed E-state index contributed by atoms with van der Waals surface area (Å²) in [4.78, 5) is 11.7. The maximum absolute atomic E-state index is 11.7. The van der Waals surface area contributed by atoms with E-state index in [0.29, 0.717) is 5.57 Å². The number of amides is 1. The molecule has 4 heteroatoms. The Hall–Kier alpha value is -0.100. The molecule has 98 valence electrons. The highest BCUT2D eigenvalue weighted by molar-refractivity contribution is 14.1. The molecule has 1 saturated heterocycles. The molecule has 1 amide bonds. The molecule has 1 aliphatic heterocycles. The Morgan fingerprint density at radius 3 is 2.06 bits per heavy atom. The van der Waals surface area contributed by atoms with Gasteiger partial charge in [0, 0.05) is 45.6 Å². The van der Waals surface area contributed by atoms with Crippen LogP contribution in [0.3, 0.4) is 0 Å². The average Bonchev–Trinajstić information content (AvgIpc) is 2.12. The molecule has 0 spiro atoms.